The van der Waals surface area contributed by atoms with Crippen LogP contribution in [0.3, 0.4) is 0 Å². The van der Waals surface area contributed by atoms with Crippen LogP contribution in [-0.2, 0) is 0 Å². The first-order chi connectivity index (χ1) is 8.58. The van der Waals surface area contributed by atoms with Gasteiger partial charge in [-0.3, -0.25) is 0 Å². The van der Waals surface area contributed by atoms with Crippen molar-refractivity contribution in [3.63, 3.8) is 0 Å². The third-order valence-electron chi connectivity index (χ3n) is 4.07. The summed E-state index contributed by atoms with van der Waals surface area (Å²) >= 11 is 3.63. The molecule has 3 atom stereocenters. The van der Waals surface area contributed by atoms with Crippen molar-refractivity contribution in [2.45, 2.75) is 44.8 Å². The van der Waals surface area contributed by atoms with Crippen molar-refractivity contribution in [2.75, 3.05) is 13.6 Å². The van der Waals surface area contributed by atoms with Crippen LogP contribution < -0.4 is 5.32 Å². The zero-order chi connectivity index (χ0) is 13.1. The summed E-state index contributed by atoms with van der Waals surface area (Å²) in [5.74, 6) is 0. The number of rotatable bonds is 3. The van der Waals surface area contributed by atoms with E-state index in [1.807, 2.05) is 0 Å². The molecule has 2 unspecified atom stereocenters. The normalized spacial score (nSPS) is 27.1. The highest BCUT2D eigenvalue weighted by Crippen LogP contribution is 2.25. The second-order valence-corrected chi connectivity index (χ2v) is 6.32. The Labute approximate surface area is 119 Å². The minimum atomic E-state index is 0.404. The van der Waals surface area contributed by atoms with E-state index < -0.39 is 0 Å². The summed E-state index contributed by atoms with van der Waals surface area (Å²) in [6.07, 6.45) is 2.49. The van der Waals surface area contributed by atoms with E-state index in [2.05, 4.69) is 71.3 Å². The Morgan fingerprint density at radius 2 is 2.11 bits per heavy atom. The van der Waals surface area contributed by atoms with E-state index in [9.17, 15) is 0 Å². The highest BCUT2D eigenvalue weighted by Gasteiger charge is 2.24. The molecule has 18 heavy (non-hydrogen) atoms. The molecule has 1 fully saturated rings. The topological polar surface area (TPSA) is 15.3 Å². The Balaban J connectivity index is 1.96. The summed E-state index contributed by atoms with van der Waals surface area (Å²) < 4.78 is 1.20. The molecule has 0 amide bonds. The molecule has 100 valence electrons. The molecule has 1 aliphatic rings. The summed E-state index contributed by atoms with van der Waals surface area (Å²) in [4.78, 5) is 2.45. The number of likely N-dealkylation sites (tertiary alicyclic amines) is 1. The van der Waals surface area contributed by atoms with Gasteiger partial charge in [0.05, 0.1) is 0 Å². The highest BCUT2D eigenvalue weighted by molar-refractivity contribution is 9.10. The van der Waals surface area contributed by atoms with Gasteiger partial charge in [-0.2, -0.15) is 0 Å². The van der Waals surface area contributed by atoms with Crippen LogP contribution in [-0.4, -0.2) is 30.6 Å². The standard InChI is InChI=1S/C15H23BrN2/c1-11-10-13(8-9-18(11)3)17-12(2)14-6-4-5-7-15(14)16/h4-7,11-13,17H,8-10H2,1-3H3/t11?,12-,13?/m0/s1. The van der Waals surface area contributed by atoms with Gasteiger partial charge in [0.1, 0.15) is 0 Å². The van der Waals surface area contributed by atoms with Gasteiger partial charge in [-0.15, -0.1) is 0 Å². The number of halogens is 1. The van der Waals surface area contributed by atoms with Gasteiger partial charge in [0.2, 0.25) is 0 Å². The van der Waals surface area contributed by atoms with Crippen LogP contribution in [0, 0.1) is 0 Å². The second-order valence-electron chi connectivity index (χ2n) is 5.46. The maximum absolute atomic E-state index is 3.77. The Morgan fingerprint density at radius 1 is 1.39 bits per heavy atom. The molecular weight excluding hydrogens is 288 g/mol. The third kappa shape index (κ3) is 3.34. The molecule has 0 radical (unpaired) electrons. The molecule has 0 bridgehead atoms. The molecule has 0 saturated carbocycles. The lowest BCUT2D eigenvalue weighted by Crippen LogP contribution is -2.46. The van der Waals surface area contributed by atoms with Crippen LogP contribution in [0.2, 0.25) is 0 Å². The Bertz CT molecular complexity index is 394. The molecule has 1 aliphatic heterocycles. The molecule has 0 aromatic heterocycles. The maximum Gasteiger partial charge on any atom is 0.0305 e. The minimum Gasteiger partial charge on any atom is -0.307 e. The quantitative estimate of drug-likeness (QED) is 0.918. The molecule has 3 heteroatoms. The van der Waals surface area contributed by atoms with Gasteiger partial charge < -0.3 is 10.2 Å². The number of benzene rings is 1. The number of hydrogen-bond acceptors (Lipinski definition) is 2. The van der Waals surface area contributed by atoms with E-state index in [4.69, 9.17) is 0 Å². The van der Waals surface area contributed by atoms with E-state index in [1.165, 1.54) is 29.4 Å². The highest BCUT2D eigenvalue weighted by atomic mass is 79.9. The zero-order valence-corrected chi connectivity index (χ0v) is 13.1. The van der Waals surface area contributed by atoms with Crippen molar-refractivity contribution < 1.29 is 0 Å². The first-order valence-corrected chi connectivity index (χ1v) is 7.58. The lowest BCUT2D eigenvalue weighted by molar-refractivity contribution is 0.163. The fourth-order valence-electron chi connectivity index (χ4n) is 2.71. The average molecular weight is 311 g/mol. The van der Waals surface area contributed by atoms with Crippen LogP contribution in [0.1, 0.15) is 38.3 Å². The van der Waals surface area contributed by atoms with Gasteiger partial charge in [0, 0.05) is 22.6 Å². The van der Waals surface area contributed by atoms with Crippen LogP contribution in [0.25, 0.3) is 0 Å². The lowest BCUT2D eigenvalue weighted by Gasteiger charge is -2.36. The van der Waals surface area contributed by atoms with E-state index in [-0.39, 0.29) is 0 Å². The number of nitrogens with one attached hydrogen (secondary N) is 1. The third-order valence-corrected chi connectivity index (χ3v) is 4.79. The van der Waals surface area contributed by atoms with Gasteiger partial charge in [0.15, 0.2) is 0 Å². The lowest BCUT2D eigenvalue weighted by atomic mass is 9.97. The predicted octanol–water partition coefficient (Wildman–Crippen LogP) is 3.58. The molecule has 2 nitrogen and oxygen atoms in total. The fourth-order valence-corrected chi connectivity index (χ4v) is 3.34. The Hall–Kier alpha value is -0.380. The molecule has 0 spiro atoms. The van der Waals surface area contributed by atoms with E-state index >= 15 is 0 Å². The van der Waals surface area contributed by atoms with Crippen molar-refractivity contribution in [3.05, 3.63) is 34.3 Å². The number of piperidine rings is 1. The van der Waals surface area contributed by atoms with Crippen molar-refractivity contribution in [3.8, 4) is 0 Å². The summed E-state index contributed by atoms with van der Waals surface area (Å²) in [5, 5.41) is 3.77. The number of nitrogens with zero attached hydrogens (tertiary/aromatic N) is 1. The minimum absolute atomic E-state index is 0.404. The molecule has 1 aromatic carbocycles. The van der Waals surface area contributed by atoms with Crippen LogP contribution >= 0.6 is 15.9 Å². The SMILES string of the molecule is CC1CC(N[C@@H](C)c2ccccc2Br)CCN1C. The molecule has 1 heterocycles. The average Bonchev–Trinajstić information content (AvgIpc) is 2.34. The maximum atomic E-state index is 3.77. The number of hydrogen-bond donors (Lipinski definition) is 1. The summed E-state index contributed by atoms with van der Waals surface area (Å²) in [5.41, 5.74) is 1.35. The van der Waals surface area contributed by atoms with Crippen LogP contribution in [0.5, 0.6) is 0 Å². The zero-order valence-electron chi connectivity index (χ0n) is 11.5. The second kappa shape index (κ2) is 6.18. The fraction of sp³-hybridized carbons (Fsp3) is 0.600. The van der Waals surface area contributed by atoms with Crippen molar-refractivity contribution in [2.24, 2.45) is 0 Å². The predicted molar refractivity (Wildman–Crippen MR) is 80.8 cm³/mol. The monoisotopic (exact) mass is 310 g/mol. The van der Waals surface area contributed by atoms with Gasteiger partial charge in [-0.1, -0.05) is 34.1 Å². The Kier molecular flexibility index (Phi) is 4.82. The Morgan fingerprint density at radius 3 is 2.78 bits per heavy atom. The summed E-state index contributed by atoms with van der Waals surface area (Å²) in [6.45, 7) is 5.77. The van der Waals surface area contributed by atoms with Gasteiger partial charge in [-0.25, -0.2) is 0 Å². The van der Waals surface area contributed by atoms with E-state index in [1.54, 1.807) is 0 Å². The summed E-state index contributed by atoms with van der Waals surface area (Å²) in [7, 11) is 2.22. The van der Waals surface area contributed by atoms with Crippen molar-refractivity contribution in [1.82, 2.24) is 10.2 Å². The van der Waals surface area contributed by atoms with Gasteiger partial charge >= 0.3 is 0 Å². The molecule has 2 rings (SSSR count). The van der Waals surface area contributed by atoms with Crippen LogP contribution in [0.4, 0.5) is 0 Å². The smallest absolute Gasteiger partial charge is 0.0305 e. The van der Waals surface area contributed by atoms with Crippen molar-refractivity contribution in [1.29, 1.82) is 0 Å². The van der Waals surface area contributed by atoms with Crippen LogP contribution in [0.15, 0.2) is 28.7 Å². The van der Waals surface area contributed by atoms with E-state index in [0.29, 0.717) is 18.1 Å². The van der Waals surface area contributed by atoms with Crippen molar-refractivity contribution >= 4 is 15.9 Å². The van der Waals surface area contributed by atoms with E-state index in [0.717, 1.165) is 0 Å². The molecule has 1 aromatic rings. The first kappa shape index (κ1) is 14.0. The molecule has 0 aliphatic carbocycles. The largest absolute Gasteiger partial charge is 0.307 e. The van der Waals surface area contributed by atoms with Gasteiger partial charge in [0.25, 0.3) is 0 Å². The first-order valence-electron chi connectivity index (χ1n) is 6.78. The summed E-state index contributed by atoms with van der Waals surface area (Å²) in [6, 6.07) is 10.2. The molecule has 1 saturated heterocycles. The van der Waals surface area contributed by atoms with Gasteiger partial charge in [-0.05, 0) is 51.9 Å². The molecule has 1 N–H and O–H groups in total. The molecular formula is C15H23BrN2.